The van der Waals surface area contributed by atoms with E-state index in [1.165, 1.54) is 0 Å². The van der Waals surface area contributed by atoms with E-state index in [0.717, 1.165) is 12.8 Å². The number of carbonyl (C=O) groups is 2. The molecule has 0 aromatic rings. The highest BCUT2D eigenvalue weighted by atomic mass is 16.4. The second kappa shape index (κ2) is 4.82. The van der Waals surface area contributed by atoms with Crippen molar-refractivity contribution in [3.05, 3.63) is 0 Å². The van der Waals surface area contributed by atoms with Gasteiger partial charge in [0.25, 0.3) is 0 Å². The average Bonchev–Trinajstić information content (AvgIpc) is 2.66. The van der Waals surface area contributed by atoms with E-state index in [0.29, 0.717) is 12.8 Å². The molecular formula is C11H20N2O3. The molecule has 5 heteroatoms. The summed E-state index contributed by atoms with van der Waals surface area (Å²) in [6.45, 7) is 3.46. The molecule has 0 bridgehead atoms. The molecule has 0 radical (unpaired) electrons. The summed E-state index contributed by atoms with van der Waals surface area (Å²) < 4.78 is 0. The van der Waals surface area contributed by atoms with Gasteiger partial charge < -0.3 is 16.2 Å². The standard InChI is InChI=1S/C11H20N2O3/c1-7(8(2)12)9(14)13-11(10(15)16)5-3-4-6-11/h7-8H,3-6,12H2,1-2H3,(H,13,14)(H,15,16). The lowest BCUT2D eigenvalue weighted by atomic mass is 9.95. The average molecular weight is 228 g/mol. The van der Waals surface area contributed by atoms with Crippen molar-refractivity contribution in [1.82, 2.24) is 5.32 Å². The van der Waals surface area contributed by atoms with Crippen LogP contribution in [0.1, 0.15) is 39.5 Å². The molecule has 2 atom stereocenters. The minimum atomic E-state index is -1.06. The summed E-state index contributed by atoms with van der Waals surface area (Å²) >= 11 is 0. The number of amides is 1. The molecule has 1 saturated carbocycles. The first kappa shape index (κ1) is 13.0. The van der Waals surface area contributed by atoms with Gasteiger partial charge in [0.2, 0.25) is 5.91 Å². The van der Waals surface area contributed by atoms with E-state index in [-0.39, 0.29) is 17.9 Å². The molecule has 0 aromatic heterocycles. The molecule has 1 aliphatic carbocycles. The van der Waals surface area contributed by atoms with Gasteiger partial charge in [0.15, 0.2) is 0 Å². The highest BCUT2D eigenvalue weighted by molar-refractivity contribution is 5.88. The van der Waals surface area contributed by atoms with Crippen LogP contribution in [0.4, 0.5) is 0 Å². The lowest BCUT2D eigenvalue weighted by Crippen LogP contribution is -2.55. The normalized spacial score (nSPS) is 22.4. The number of nitrogens with two attached hydrogens (primary N) is 1. The maximum atomic E-state index is 11.8. The number of aliphatic carboxylic acids is 1. The minimum Gasteiger partial charge on any atom is -0.480 e. The van der Waals surface area contributed by atoms with Gasteiger partial charge in [-0.2, -0.15) is 0 Å². The number of hydrogen-bond donors (Lipinski definition) is 3. The highest BCUT2D eigenvalue weighted by Gasteiger charge is 2.43. The zero-order chi connectivity index (χ0) is 12.3. The topological polar surface area (TPSA) is 92.4 Å². The van der Waals surface area contributed by atoms with Gasteiger partial charge in [-0.15, -0.1) is 0 Å². The first-order valence-electron chi connectivity index (χ1n) is 5.70. The summed E-state index contributed by atoms with van der Waals surface area (Å²) in [6, 6.07) is -0.271. The van der Waals surface area contributed by atoms with Crippen molar-refractivity contribution in [2.24, 2.45) is 11.7 Å². The fraction of sp³-hybridized carbons (Fsp3) is 0.818. The number of hydrogen-bond acceptors (Lipinski definition) is 3. The van der Waals surface area contributed by atoms with Crippen LogP contribution in [-0.4, -0.2) is 28.6 Å². The predicted molar refractivity (Wildman–Crippen MR) is 59.8 cm³/mol. The molecule has 5 nitrogen and oxygen atoms in total. The Hall–Kier alpha value is -1.10. The summed E-state index contributed by atoms with van der Waals surface area (Å²) in [5.41, 5.74) is 4.57. The smallest absolute Gasteiger partial charge is 0.329 e. The van der Waals surface area contributed by atoms with Crippen molar-refractivity contribution in [3.8, 4) is 0 Å². The maximum absolute atomic E-state index is 11.8. The Bertz CT molecular complexity index is 283. The van der Waals surface area contributed by atoms with Crippen LogP contribution in [0.5, 0.6) is 0 Å². The molecule has 0 aliphatic heterocycles. The molecule has 0 saturated heterocycles. The molecule has 0 heterocycles. The maximum Gasteiger partial charge on any atom is 0.329 e. The Labute approximate surface area is 95.4 Å². The van der Waals surface area contributed by atoms with E-state index < -0.39 is 11.5 Å². The second-order valence-electron chi connectivity index (χ2n) is 4.73. The van der Waals surface area contributed by atoms with Crippen LogP contribution in [0.25, 0.3) is 0 Å². The van der Waals surface area contributed by atoms with Crippen LogP contribution in [0.15, 0.2) is 0 Å². The molecule has 1 rings (SSSR count). The molecule has 0 spiro atoms. The summed E-state index contributed by atoms with van der Waals surface area (Å²) in [4.78, 5) is 23.0. The SMILES string of the molecule is CC(N)C(C)C(=O)NC1(C(=O)O)CCCC1. The number of carboxylic acid groups (broad SMARTS) is 1. The zero-order valence-corrected chi connectivity index (χ0v) is 9.82. The van der Waals surface area contributed by atoms with E-state index in [4.69, 9.17) is 5.73 Å². The van der Waals surface area contributed by atoms with Crippen LogP contribution in [0, 0.1) is 5.92 Å². The highest BCUT2D eigenvalue weighted by Crippen LogP contribution is 2.30. The van der Waals surface area contributed by atoms with Crippen LogP contribution >= 0.6 is 0 Å². The van der Waals surface area contributed by atoms with Crippen molar-refractivity contribution in [1.29, 1.82) is 0 Å². The third-order valence-electron chi connectivity index (χ3n) is 3.43. The van der Waals surface area contributed by atoms with E-state index >= 15 is 0 Å². The fourth-order valence-corrected chi connectivity index (χ4v) is 1.96. The lowest BCUT2D eigenvalue weighted by molar-refractivity contribution is -0.148. The summed E-state index contributed by atoms with van der Waals surface area (Å²) in [5.74, 6) is -1.56. The third-order valence-corrected chi connectivity index (χ3v) is 3.43. The number of carbonyl (C=O) groups excluding carboxylic acids is 1. The number of carboxylic acids is 1. The van der Waals surface area contributed by atoms with Gasteiger partial charge in [0, 0.05) is 12.0 Å². The summed E-state index contributed by atoms with van der Waals surface area (Å²) in [7, 11) is 0. The van der Waals surface area contributed by atoms with Gasteiger partial charge in [-0.25, -0.2) is 4.79 Å². The van der Waals surface area contributed by atoms with Gasteiger partial charge in [0.05, 0.1) is 0 Å². The zero-order valence-electron chi connectivity index (χ0n) is 9.82. The van der Waals surface area contributed by atoms with Crippen LogP contribution in [-0.2, 0) is 9.59 Å². The van der Waals surface area contributed by atoms with Gasteiger partial charge in [0.1, 0.15) is 5.54 Å². The minimum absolute atomic E-state index is 0.265. The fourth-order valence-electron chi connectivity index (χ4n) is 1.96. The van der Waals surface area contributed by atoms with Crippen molar-refractivity contribution in [3.63, 3.8) is 0 Å². The van der Waals surface area contributed by atoms with E-state index in [1.807, 2.05) is 0 Å². The Morgan fingerprint density at radius 2 is 1.81 bits per heavy atom. The molecule has 2 unspecified atom stereocenters. The Morgan fingerprint density at radius 1 is 1.31 bits per heavy atom. The van der Waals surface area contributed by atoms with Gasteiger partial charge in [-0.05, 0) is 19.8 Å². The number of rotatable bonds is 4. The van der Waals surface area contributed by atoms with Crippen molar-refractivity contribution >= 4 is 11.9 Å². The van der Waals surface area contributed by atoms with E-state index in [9.17, 15) is 14.7 Å². The molecule has 92 valence electrons. The van der Waals surface area contributed by atoms with Gasteiger partial charge in [-0.1, -0.05) is 19.8 Å². The van der Waals surface area contributed by atoms with Gasteiger partial charge >= 0.3 is 5.97 Å². The van der Waals surface area contributed by atoms with Crippen LogP contribution in [0.3, 0.4) is 0 Å². The molecule has 0 aromatic carbocycles. The van der Waals surface area contributed by atoms with E-state index in [2.05, 4.69) is 5.32 Å². The third kappa shape index (κ3) is 2.52. The first-order valence-corrected chi connectivity index (χ1v) is 5.70. The van der Waals surface area contributed by atoms with Crippen LogP contribution in [0.2, 0.25) is 0 Å². The van der Waals surface area contributed by atoms with Crippen molar-refractivity contribution in [2.75, 3.05) is 0 Å². The lowest BCUT2D eigenvalue weighted by Gasteiger charge is -2.28. The molecule has 1 amide bonds. The second-order valence-corrected chi connectivity index (χ2v) is 4.73. The first-order chi connectivity index (χ1) is 7.39. The monoisotopic (exact) mass is 228 g/mol. The summed E-state index contributed by atoms with van der Waals surface area (Å²) in [6.07, 6.45) is 2.72. The molecule has 1 aliphatic rings. The van der Waals surface area contributed by atoms with Crippen LogP contribution < -0.4 is 11.1 Å². The quantitative estimate of drug-likeness (QED) is 0.652. The largest absolute Gasteiger partial charge is 0.480 e. The molecule has 16 heavy (non-hydrogen) atoms. The molecular weight excluding hydrogens is 208 g/mol. The summed E-state index contributed by atoms with van der Waals surface area (Å²) in [5, 5.41) is 11.8. The number of nitrogens with one attached hydrogen (secondary N) is 1. The molecule has 4 N–H and O–H groups in total. The predicted octanol–water partition coefficient (Wildman–Crippen LogP) is 0.483. The molecule has 1 fully saturated rings. The van der Waals surface area contributed by atoms with E-state index in [1.54, 1.807) is 13.8 Å². The Morgan fingerprint density at radius 3 is 2.19 bits per heavy atom. The van der Waals surface area contributed by atoms with Crippen molar-refractivity contribution in [2.45, 2.75) is 51.1 Å². The van der Waals surface area contributed by atoms with Gasteiger partial charge in [-0.3, -0.25) is 4.79 Å². The van der Waals surface area contributed by atoms with Crippen molar-refractivity contribution < 1.29 is 14.7 Å². The Balaban J connectivity index is 2.70. The Kier molecular flexibility index (Phi) is 3.91.